The van der Waals surface area contributed by atoms with Gasteiger partial charge in [0, 0.05) is 18.5 Å². The van der Waals surface area contributed by atoms with Gasteiger partial charge < -0.3 is 15.3 Å². The molecule has 2 aromatic rings. The van der Waals surface area contributed by atoms with E-state index in [4.69, 9.17) is 5.84 Å². The maximum absolute atomic E-state index is 5.45. The molecule has 8 heteroatoms. The summed E-state index contributed by atoms with van der Waals surface area (Å²) in [4.78, 5) is 8.90. The Morgan fingerprint density at radius 3 is 2.85 bits per heavy atom. The van der Waals surface area contributed by atoms with Crippen LogP contribution in [0.5, 0.6) is 0 Å². The summed E-state index contributed by atoms with van der Waals surface area (Å²) < 4.78 is 1.98. The number of anilines is 2. The van der Waals surface area contributed by atoms with Gasteiger partial charge in [0.2, 0.25) is 0 Å². The topological polar surface area (TPSA) is 107 Å². The number of rotatable bonds is 6. The summed E-state index contributed by atoms with van der Waals surface area (Å²) in [5.74, 6) is 9.03. The van der Waals surface area contributed by atoms with E-state index in [9.17, 15) is 0 Å². The van der Waals surface area contributed by atoms with E-state index >= 15 is 0 Å². The van der Waals surface area contributed by atoms with Crippen LogP contribution >= 0.6 is 0 Å². The first-order chi connectivity index (χ1) is 9.80. The molecular formula is C12H18N8. The Kier molecular flexibility index (Phi) is 3.46. The highest BCUT2D eigenvalue weighted by molar-refractivity contribution is 5.47. The van der Waals surface area contributed by atoms with Gasteiger partial charge in [-0.3, -0.25) is 0 Å². The Labute approximate surface area is 116 Å². The standard InChI is InChI=1S/C12H18N8/c1-2-20-7-15-19-11(20)6-14-9-5-10(18-13)17-12(16-9)8-3-4-8/h5,7-8H,2-4,6,13H2,1H3,(H2,14,16,17,18). The molecule has 4 N–H and O–H groups in total. The fourth-order valence-electron chi connectivity index (χ4n) is 2.00. The number of nitrogen functional groups attached to an aromatic ring is 1. The minimum Gasteiger partial charge on any atom is -0.363 e. The van der Waals surface area contributed by atoms with Crippen molar-refractivity contribution in [2.24, 2.45) is 5.84 Å². The van der Waals surface area contributed by atoms with E-state index in [2.05, 4.69) is 37.8 Å². The van der Waals surface area contributed by atoms with Crippen molar-refractivity contribution in [3.63, 3.8) is 0 Å². The Balaban J connectivity index is 1.74. The smallest absolute Gasteiger partial charge is 0.152 e. The summed E-state index contributed by atoms with van der Waals surface area (Å²) in [6, 6.07) is 1.79. The van der Waals surface area contributed by atoms with Gasteiger partial charge in [-0.05, 0) is 19.8 Å². The number of hydrogen-bond acceptors (Lipinski definition) is 7. The monoisotopic (exact) mass is 274 g/mol. The van der Waals surface area contributed by atoms with Crippen molar-refractivity contribution in [1.82, 2.24) is 24.7 Å². The zero-order valence-electron chi connectivity index (χ0n) is 11.4. The van der Waals surface area contributed by atoms with Gasteiger partial charge in [0.25, 0.3) is 0 Å². The molecular weight excluding hydrogens is 256 g/mol. The summed E-state index contributed by atoms with van der Waals surface area (Å²) >= 11 is 0. The first kappa shape index (κ1) is 12.8. The zero-order valence-corrected chi connectivity index (χ0v) is 11.4. The molecule has 0 bridgehead atoms. The predicted molar refractivity (Wildman–Crippen MR) is 74.8 cm³/mol. The highest BCUT2D eigenvalue weighted by atomic mass is 15.3. The maximum Gasteiger partial charge on any atom is 0.152 e. The van der Waals surface area contributed by atoms with Crippen molar-refractivity contribution in [3.8, 4) is 0 Å². The van der Waals surface area contributed by atoms with E-state index in [0.717, 1.165) is 36.9 Å². The molecule has 0 unspecified atom stereocenters. The van der Waals surface area contributed by atoms with E-state index in [1.807, 2.05) is 4.57 Å². The molecule has 106 valence electrons. The van der Waals surface area contributed by atoms with Crippen LogP contribution in [0.1, 0.15) is 37.3 Å². The lowest BCUT2D eigenvalue weighted by atomic mass is 10.3. The molecule has 0 radical (unpaired) electrons. The summed E-state index contributed by atoms with van der Waals surface area (Å²) in [5.41, 5.74) is 2.58. The second-order valence-corrected chi connectivity index (χ2v) is 4.80. The molecule has 8 nitrogen and oxygen atoms in total. The molecule has 0 aromatic carbocycles. The van der Waals surface area contributed by atoms with Crippen molar-refractivity contribution in [2.75, 3.05) is 10.7 Å². The Hall–Kier alpha value is -2.22. The molecule has 0 aliphatic heterocycles. The number of nitrogens with one attached hydrogen (secondary N) is 2. The van der Waals surface area contributed by atoms with Crippen LogP contribution in [0, 0.1) is 0 Å². The summed E-state index contributed by atoms with van der Waals surface area (Å²) in [5, 5.41) is 11.2. The minimum absolute atomic E-state index is 0.475. The van der Waals surface area contributed by atoms with Crippen molar-refractivity contribution < 1.29 is 0 Å². The average molecular weight is 274 g/mol. The fourth-order valence-corrected chi connectivity index (χ4v) is 2.00. The molecule has 0 atom stereocenters. The second kappa shape index (κ2) is 5.41. The summed E-state index contributed by atoms with van der Waals surface area (Å²) in [6.45, 7) is 3.47. The maximum atomic E-state index is 5.45. The molecule has 1 saturated carbocycles. The Morgan fingerprint density at radius 2 is 2.15 bits per heavy atom. The number of hydrazine groups is 1. The third-order valence-corrected chi connectivity index (χ3v) is 3.30. The SMILES string of the molecule is CCn1cnnc1CNc1cc(NN)nc(C2CC2)n1. The van der Waals surface area contributed by atoms with Crippen LogP contribution in [-0.4, -0.2) is 24.7 Å². The van der Waals surface area contributed by atoms with Gasteiger partial charge in [-0.2, -0.15) is 0 Å². The molecule has 1 fully saturated rings. The molecule has 0 saturated heterocycles. The molecule has 2 heterocycles. The van der Waals surface area contributed by atoms with Crippen molar-refractivity contribution in [2.45, 2.75) is 38.8 Å². The van der Waals surface area contributed by atoms with E-state index < -0.39 is 0 Å². The first-order valence-electron chi connectivity index (χ1n) is 6.76. The largest absolute Gasteiger partial charge is 0.363 e. The van der Waals surface area contributed by atoms with Crippen molar-refractivity contribution >= 4 is 11.6 Å². The van der Waals surface area contributed by atoms with Gasteiger partial charge in [0.1, 0.15) is 23.8 Å². The lowest BCUT2D eigenvalue weighted by Crippen LogP contribution is -2.13. The Morgan fingerprint density at radius 1 is 1.35 bits per heavy atom. The van der Waals surface area contributed by atoms with E-state index in [-0.39, 0.29) is 0 Å². The first-order valence-corrected chi connectivity index (χ1v) is 6.76. The molecule has 0 amide bonds. The van der Waals surface area contributed by atoms with Gasteiger partial charge in [-0.25, -0.2) is 15.8 Å². The van der Waals surface area contributed by atoms with Crippen LogP contribution in [0.3, 0.4) is 0 Å². The normalized spacial score (nSPS) is 14.3. The van der Waals surface area contributed by atoms with E-state index in [0.29, 0.717) is 18.3 Å². The van der Waals surface area contributed by atoms with Crippen LogP contribution in [0.4, 0.5) is 11.6 Å². The fraction of sp³-hybridized carbons (Fsp3) is 0.500. The third kappa shape index (κ3) is 2.69. The number of nitrogens with two attached hydrogens (primary N) is 1. The van der Waals surface area contributed by atoms with Crippen molar-refractivity contribution in [1.29, 1.82) is 0 Å². The Bertz CT molecular complexity index is 589. The van der Waals surface area contributed by atoms with Gasteiger partial charge in [0.05, 0.1) is 6.54 Å². The van der Waals surface area contributed by atoms with Crippen LogP contribution in [0.15, 0.2) is 12.4 Å². The predicted octanol–water partition coefficient (Wildman–Crippen LogP) is 0.863. The van der Waals surface area contributed by atoms with Crippen LogP contribution < -0.4 is 16.6 Å². The van der Waals surface area contributed by atoms with Crippen LogP contribution in [0.25, 0.3) is 0 Å². The molecule has 3 rings (SSSR count). The highest BCUT2D eigenvalue weighted by Gasteiger charge is 2.27. The number of hydrogen-bond donors (Lipinski definition) is 3. The zero-order chi connectivity index (χ0) is 13.9. The summed E-state index contributed by atoms with van der Waals surface area (Å²) in [7, 11) is 0. The van der Waals surface area contributed by atoms with Crippen molar-refractivity contribution in [3.05, 3.63) is 24.0 Å². The van der Waals surface area contributed by atoms with Crippen LogP contribution in [-0.2, 0) is 13.1 Å². The number of aryl methyl sites for hydroxylation is 1. The lowest BCUT2D eigenvalue weighted by Gasteiger charge is -2.09. The lowest BCUT2D eigenvalue weighted by molar-refractivity contribution is 0.707. The van der Waals surface area contributed by atoms with Gasteiger partial charge in [-0.15, -0.1) is 10.2 Å². The van der Waals surface area contributed by atoms with Gasteiger partial charge in [0.15, 0.2) is 5.82 Å². The van der Waals surface area contributed by atoms with E-state index in [1.54, 1.807) is 12.4 Å². The number of aromatic nitrogens is 5. The average Bonchev–Trinajstić information content (AvgIpc) is 3.24. The molecule has 0 spiro atoms. The van der Waals surface area contributed by atoms with Crippen LogP contribution in [0.2, 0.25) is 0 Å². The second-order valence-electron chi connectivity index (χ2n) is 4.80. The highest BCUT2D eigenvalue weighted by Crippen LogP contribution is 2.38. The summed E-state index contributed by atoms with van der Waals surface area (Å²) in [6.07, 6.45) is 4.02. The molecule has 2 aromatic heterocycles. The van der Waals surface area contributed by atoms with Gasteiger partial charge >= 0.3 is 0 Å². The molecule has 1 aliphatic rings. The number of nitrogens with zero attached hydrogens (tertiary/aromatic N) is 5. The quantitative estimate of drug-likeness (QED) is 0.530. The van der Waals surface area contributed by atoms with E-state index in [1.165, 1.54) is 0 Å². The molecule has 20 heavy (non-hydrogen) atoms. The van der Waals surface area contributed by atoms with Gasteiger partial charge in [-0.1, -0.05) is 0 Å². The molecule has 1 aliphatic carbocycles. The third-order valence-electron chi connectivity index (χ3n) is 3.30. The minimum atomic E-state index is 0.475.